The van der Waals surface area contributed by atoms with Gasteiger partial charge < -0.3 is 30.6 Å². The average molecular weight is 684 g/mol. The summed E-state index contributed by atoms with van der Waals surface area (Å²) in [5.74, 6) is -2.69. The molecule has 1 aliphatic rings. The normalized spacial score (nSPS) is 14.4. The fourth-order valence-electron chi connectivity index (χ4n) is 6.39. The first-order valence-corrected chi connectivity index (χ1v) is 17.0. The molecule has 3 atom stereocenters. The van der Waals surface area contributed by atoms with Crippen LogP contribution >= 0.6 is 0 Å². The highest BCUT2D eigenvalue weighted by molar-refractivity contribution is 5.92. The second-order valence-electron chi connectivity index (χ2n) is 15.1. The Morgan fingerprint density at radius 1 is 0.800 bits per heavy atom. The van der Waals surface area contributed by atoms with Gasteiger partial charge in [0.1, 0.15) is 25.0 Å². The molecule has 0 aromatic heterocycles. The zero-order valence-electron chi connectivity index (χ0n) is 30.0. The summed E-state index contributed by atoms with van der Waals surface area (Å²) in [6, 6.07) is 18.3. The van der Waals surface area contributed by atoms with Gasteiger partial charge in [0, 0.05) is 18.8 Å². The molecular formula is C40H49N3O7. The average Bonchev–Trinajstić information content (AvgIpc) is 3.37. The van der Waals surface area contributed by atoms with Gasteiger partial charge >= 0.3 is 12.1 Å². The van der Waals surface area contributed by atoms with Crippen molar-refractivity contribution in [2.75, 3.05) is 6.61 Å². The van der Waals surface area contributed by atoms with Crippen molar-refractivity contribution in [2.24, 2.45) is 5.41 Å². The highest BCUT2D eigenvalue weighted by atomic mass is 16.5. The van der Waals surface area contributed by atoms with Gasteiger partial charge in [-0.1, -0.05) is 108 Å². The third kappa shape index (κ3) is 9.16. The van der Waals surface area contributed by atoms with Crippen LogP contribution in [-0.4, -0.2) is 60.0 Å². The highest BCUT2D eigenvalue weighted by Gasteiger charge is 2.34. The molecule has 0 fully saturated rings. The molecule has 4 N–H and O–H groups in total. The summed E-state index contributed by atoms with van der Waals surface area (Å²) >= 11 is 0. The van der Waals surface area contributed by atoms with Crippen LogP contribution in [0.1, 0.15) is 88.1 Å². The van der Waals surface area contributed by atoms with Crippen LogP contribution in [0.15, 0.2) is 66.7 Å². The Balaban J connectivity index is 1.57. The fraction of sp³-hybridized carbons (Fsp3) is 0.425. The lowest BCUT2D eigenvalue weighted by Gasteiger charge is -2.31. The Labute approximate surface area is 294 Å². The molecule has 0 heterocycles. The minimum Gasteiger partial charge on any atom is -0.481 e. The number of amides is 3. The molecule has 0 bridgehead atoms. The van der Waals surface area contributed by atoms with Crippen molar-refractivity contribution in [3.05, 3.63) is 94.5 Å². The minimum absolute atomic E-state index is 0.000904. The van der Waals surface area contributed by atoms with Gasteiger partial charge in [-0.3, -0.25) is 14.4 Å². The summed E-state index contributed by atoms with van der Waals surface area (Å²) < 4.78 is 5.65. The number of benzene rings is 3. The van der Waals surface area contributed by atoms with Crippen LogP contribution in [0.5, 0.6) is 0 Å². The molecule has 1 aliphatic carbocycles. The summed E-state index contributed by atoms with van der Waals surface area (Å²) in [6.07, 6.45) is -0.776. The topological polar surface area (TPSA) is 151 Å². The molecular weight excluding hydrogens is 634 g/mol. The lowest BCUT2D eigenvalue weighted by atomic mass is 9.80. The van der Waals surface area contributed by atoms with E-state index in [-0.39, 0.29) is 30.8 Å². The van der Waals surface area contributed by atoms with Gasteiger partial charge in [-0.2, -0.15) is 0 Å². The van der Waals surface area contributed by atoms with Gasteiger partial charge in [-0.25, -0.2) is 4.79 Å². The van der Waals surface area contributed by atoms with E-state index in [1.165, 1.54) is 0 Å². The van der Waals surface area contributed by atoms with Crippen molar-refractivity contribution in [3.63, 3.8) is 0 Å². The molecule has 3 amide bonds. The van der Waals surface area contributed by atoms with Crippen LogP contribution in [0.2, 0.25) is 0 Å². The molecule has 0 spiro atoms. The number of hydrogen-bond donors (Lipinski definition) is 4. The molecule has 0 aliphatic heterocycles. The fourth-order valence-corrected chi connectivity index (χ4v) is 6.39. The number of aryl methyl sites for hydroxylation is 1. The second-order valence-corrected chi connectivity index (χ2v) is 15.1. The zero-order valence-corrected chi connectivity index (χ0v) is 30.0. The van der Waals surface area contributed by atoms with Crippen molar-refractivity contribution >= 4 is 30.2 Å². The molecule has 10 heteroatoms. The first-order chi connectivity index (χ1) is 23.5. The number of aliphatic carboxylic acids is 1. The second kappa shape index (κ2) is 15.7. The predicted octanol–water partition coefficient (Wildman–Crippen LogP) is 5.82. The van der Waals surface area contributed by atoms with E-state index in [0.29, 0.717) is 6.29 Å². The van der Waals surface area contributed by atoms with Crippen molar-refractivity contribution in [1.82, 2.24) is 16.0 Å². The van der Waals surface area contributed by atoms with Gasteiger partial charge in [-0.15, -0.1) is 0 Å². The quantitative estimate of drug-likeness (QED) is 0.166. The summed E-state index contributed by atoms with van der Waals surface area (Å²) in [5, 5.41) is 17.5. The maximum Gasteiger partial charge on any atom is 0.407 e. The number of rotatable bonds is 13. The standard InChI is InChI=1S/C40H49N3O7/c1-24-13-12-18-31(39(2,3)4)29(24)21-33(37(48)43-34(22-44)40(5,6)7)41-36(47)32(19-20-35(45)46)42-38(49)50-23-30-27-16-10-8-14-25(27)26-15-9-11-17-28(26)30/h8-18,22,30,32-34H,19-21,23H2,1-7H3,(H,41,47)(H,42,49)(H,43,48)(H,45,46)/t32-,33-,34+/m0/s1. The number of fused-ring (bicyclic) bond motifs is 3. The first kappa shape index (κ1) is 37.8. The van der Waals surface area contributed by atoms with Crippen molar-refractivity contribution in [2.45, 2.75) is 97.2 Å². The number of hydrogen-bond acceptors (Lipinski definition) is 6. The van der Waals surface area contributed by atoms with E-state index in [0.717, 1.165) is 38.9 Å². The van der Waals surface area contributed by atoms with E-state index in [4.69, 9.17) is 4.74 Å². The van der Waals surface area contributed by atoms with Gasteiger partial charge in [0.2, 0.25) is 11.8 Å². The van der Waals surface area contributed by atoms with Gasteiger partial charge in [-0.05, 0) is 63.1 Å². The Morgan fingerprint density at radius 2 is 1.38 bits per heavy atom. The van der Waals surface area contributed by atoms with Crippen molar-refractivity contribution in [1.29, 1.82) is 0 Å². The molecule has 4 rings (SSSR count). The van der Waals surface area contributed by atoms with Gasteiger partial charge in [0.25, 0.3) is 0 Å². The number of ether oxygens (including phenoxy) is 1. The SMILES string of the molecule is Cc1cccc(C(C)(C)C)c1C[C@H](NC(=O)[C@H](CCC(=O)O)NC(=O)OCC1c2ccccc2-c2ccccc21)C(=O)N[C@H](C=O)C(C)(C)C. The number of nitrogens with one attached hydrogen (secondary N) is 3. The zero-order chi connectivity index (χ0) is 36.8. The maximum absolute atomic E-state index is 13.9. The molecule has 3 aromatic carbocycles. The van der Waals surface area contributed by atoms with Crippen molar-refractivity contribution < 1.29 is 33.8 Å². The van der Waals surface area contributed by atoms with Crippen LogP contribution in [0.25, 0.3) is 11.1 Å². The van der Waals surface area contributed by atoms with Crippen LogP contribution in [0, 0.1) is 12.3 Å². The van der Waals surface area contributed by atoms with E-state index >= 15 is 0 Å². The van der Waals surface area contributed by atoms with Gasteiger partial charge in [0.05, 0.1) is 6.04 Å². The smallest absolute Gasteiger partial charge is 0.407 e. The van der Waals surface area contributed by atoms with Crippen LogP contribution in [0.3, 0.4) is 0 Å². The summed E-state index contributed by atoms with van der Waals surface area (Å²) in [6.45, 7) is 13.6. The summed E-state index contributed by atoms with van der Waals surface area (Å²) in [4.78, 5) is 64.5. The summed E-state index contributed by atoms with van der Waals surface area (Å²) in [7, 11) is 0. The number of carbonyl (C=O) groups is 5. The Morgan fingerprint density at radius 3 is 1.92 bits per heavy atom. The molecule has 266 valence electrons. The van der Waals surface area contributed by atoms with Crippen molar-refractivity contribution in [3.8, 4) is 11.1 Å². The number of alkyl carbamates (subject to hydrolysis) is 1. The Bertz CT molecular complexity index is 1690. The predicted molar refractivity (Wildman–Crippen MR) is 192 cm³/mol. The van der Waals surface area contributed by atoms with Crippen LogP contribution in [0.4, 0.5) is 4.79 Å². The highest BCUT2D eigenvalue weighted by Crippen LogP contribution is 2.44. The minimum atomic E-state index is -1.32. The third-order valence-electron chi connectivity index (χ3n) is 9.23. The monoisotopic (exact) mass is 683 g/mol. The third-order valence-corrected chi connectivity index (χ3v) is 9.23. The van der Waals surface area contributed by atoms with E-state index in [1.807, 2.05) is 94.4 Å². The lowest BCUT2D eigenvalue weighted by molar-refractivity contribution is -0.137. The number of carbonyl (C=O) groups excluding carboxylic acids is 4. The van der Waals surface area contributed by atoms with Crippen LogP contribution < -0.4 is 16.0 Å². The Kier molecular flexibility index (Phi) is 11.9. The van der Waals surface area contributed by atoms with E-state index < -0.39 is 53.8 Å². The maximum atomic E-state index is 13.9. The first-order valence-electron chi connectivity index (χ1n) is 17.0. The molecule has 0 saturated heterocycles. The summed E-state index contributed by atoms with van der Waals surface area (Å²) in [5.41, 5.74) is 6.07. The number of carboxylic acids is 1. The molecule has 0 saturated carbocycles. The van der Waals surface area contributed by atoms with E-state index in [2.05, 4.69) is 36.7 Å². The lowest BCUT2D eigenvalue weighted by Crippen LogP contribution is -2.57. The molecule has 3 aromatic rings. The van der Waals surface area contributed by atoms with Crippen LogP contribution in [-0.2, 0) is 35.8 Å². The van der Waals surface area contributed by atoms with E-state index in [1.54, 1.807) is 0 Å². The molecule has 0 unspecified atom stereocenters. The molecule has 0 radical (unpaired) electrons. The van der Waals surface area contributed by atoms with E-state index in [9.17, 15) is 29.1 Å². The molecule has 50 heavy (non-hydrogen) atoms. The van der Waals surface area contributed by atoms with Gasteiger partial charge in [0.15, 0.2) is 0 Å². The largest absolute Gasteiger partial charge is 0.481 e. The number of carboxylic acid groups (broad SMARTS) is 1. The Hall–Kier alpha value is -4.99. The molecule has 10 nitrogen and oxygen atoms in total. The number of aldehydes is 1.